The van der Waals surface area contributed by atoms with Crippen LogP contribution in [-0.4, -0.2) is 11.5 Å². The second-order valence-corrected chi connectivity index (χ2v) is 5.80. The molecule has 0 aliphatic rings. The van der Waals surface area contributed by atoms with Crippen LogP contribution in [-0.2, 0) is 0 Å². The van der Waals surface area contributed by atoms with Gasteiger partial charge < -0.3 is 5.32 Å². The molecule has 0 aliphatic carbocycles. The number of nitrogens with zero attached hydrogens (tertiary/aromatic N) is 1. The molecule has 1 aromatic rings. The highest BCUT2D eigenvalue weighted by molar-refractivity contribution is 5.08. The molecule has 0 aromatic carbocycles. The molecule has 0 fully saturated rings. The molecule has 0 saturated carbocycles. The van der Waals surface area contributed by atoms with Crippen LogP contribution in [0.15, 0.2) is 18.3 Å². The number of pyridine rings is 1. The van der Waals surface area contributed by atoms with Crippen molar-refractivity contribution in [1.29, 1.82) is 0 Å². The maximum Gasteiger partial charge on any atom is 0.141 e. The predicted octanol–water partition coefficient (Wildman–Crippen LogP) is 3.55. The van der Waals surface area contributed by atoms with Crippen molar-refractivity contribution in [2.45, 2.75) is 40.7 Å². The zero-order valence-electron chi connectivity index (χ0n) is 11.4. The molecule has 17 heavy (non-hydrogen) atoms. The fourth-order valence-electron chi connectivity index (χ4n) is 1.41. The molecule has 3 heteroatoms. The van der Waals surface area contributed by atoms with Crippen LogP contribution in [0.3, 0.4) is 0 Å². The minimum atomic E-state index is -0.288. The number of aromatic nitrogens is 1. The fraction of sp³-hybridized carbons (Fsp3) is 0.643. The fourth-order valence-corrected chi connectivity index (χ4v) is 1.41. The molecule has 0 amide bonds. The van der Waals surface area contributed by atoms with Crippen LogP contribution in [0.4, 0.5) is 4.39 Å². The molecule has 0 saturated heterocycles. The first-order chi connectivity index (χ1) is 7.80. The smallest absolute Gasteiger partial charge is 0.141 e. The minimum absolute atomic E-state index is 0.153. The maximum absolute atomic E-state index is 12.7. The van der Waals surface area contributed by atoms with Gasteiger partial charge in [-0.2, -0.15) is 0 Å². The van der Waals surface area contributed by atoms with Crippen LogP contribution < -0.4 is 5.32 Å². The van der Waals surface area contributed by atoms with Crippen molar-refractivity contribution in [3.63, 3.8) is 0 Å². The van der Waals surface area contributed by atoms with Crippen molar-refractivity contribution in [3.05, 3.63) is 29.8 Å². The van der Waals surface area contributed by atoms with Crippen molar-refractivity contribution in [2.24, 2.45) is 11.3 Å². The maximum atomic E-state index is 12.7. The lowest BCUT2D eigenvalue weighted by Crippen LogP contribution is -2.31. The van der Waals surface area contributed by atoms with Gasteiger partial charge in [0.1, 0.15) is 5.82 Å². The summed E-state index contributed by atoms with van der Waals surface area (Å²) < 4.78 is 12.7. The van der Waals surface area contributed by atoms with Gasteiger partial charge in [-0.05, 0) is 36.9 Å². The molecule has 2 nitrogen and oxygen atoms in total. The van der Waals surface area contributed by atoms with Crippen molar-refractivity contribution >= 4 is 0 Å². The number of hydrogen-bond acceptors (Lipinski definition) is 2. The summed E-state index contributed by atoms with van der Waals surface area (Å²) >= 11 is 0. The van der Waals surface area contributed by atoms with Gasteiger partial charge in [-0.25, -0.2) is 4.39 Å². The lowest BCUT2D eigenvalue weighted by atomic mass is 9.82. The molecule has 0 bridgehead atoms. The van der Waals surface area contributed by atoms with Gasteiger partial charge in [0, 0.05) is 6.04 Å². The summed E-state index contributed by atoms with van der Waals surface area (Å²) in [6.45, 7) is 11.9. The van der Waals surface area contributed by atoms with Gasteiger partial charge in [-0.1, -0.05) is 27.7 Å². The van der Waals surface area contributed by atoms with E-state index in [-0.39, 0.29) is 11.9 Å². The van der Waals surface area contributed by atoms with E-state index in [9.17, 15) is 4.39 Å². The molecule has 0 spiro atoms. The largest absolute Gasteiger partial charge is 0.309 e. The third-order valence-corrected chi connectivity index (χ3v) is 3.40. The Hall–Kier alpha value is -0.960. The van der Waals surface area contributed by atoms with Gasteiger partial charge in [0.2, 0.25) is 0 Å². The first-order valence-electron chi connectivity index (χ1n) is 6.15. The number of nitrogens with one attached hydrogen (secondary N) is 1. The molecule has 2 atom stereocenters. The average Bonchev–Trinajstić information content (AvgIpc) is 2.25. The Kier molecular flexibility index (Phi) is 4.63. The first kappa shape index (κ1) is 14.1. The molecule has 2 unspecified atom stereocenters. The number of hydrogen-bond donors (Lipinski definition) is 1. The van der Waals surface area contributed by atoms with E-state index in [1.54, 1.807) is 6.07 Å². The summed E-state index contributed by atoms with van der Waals surface area (Å²) in [5.74, 6) is 0.286. The van der Waals surface area contributed by atoms with E-state index in [2.05, 4.69) is 44.9 Å². The van der Waals surface area contributed by atoms with Gasteiger partial charge in [-0.3, -0.25) is 4.98 Å². The predicted molar refractivity (Wildman–Crippen MR) is 69.2 cm³/mol. The van der Waals surface area contributed by atoms with Crippen LogP contribution in [0, 0.1) is 17.2 Å². The Balaban J connectivity index is 2.50. The van der Waals surface area contributed by atoms with Gasteiger partial charge in [0.25, 0.3) is 0 Å². The second-order valence-electron chi connectivity index (χ2n) is 5.80. The molecule has 1 heterocycles. The second kappa shape index (κ2) is 5.58. The van der Waals surface area contributed by atoms with E-state index in [1.165, 1.54) is 12.3 Å². The summed E-state index contributed by atoms with van der Waals surface area (Å²) in [6.07, 6.45) is 1.26. The van der Waals surface area contributed by atoms with Gasteiger partial charge in [0.15, 0.2) is 0 Å². The topological polar surface area (TPSA) is 24.9 Å². The van der Waals surface area contributed by atoms with Crippen molar-refractivity contribution in [3.8, 4) is 0 Å². The number of halogens is 1. The quantitative estimate of drug-likeness (QED) is 0.867. The third-order valence-electron chi connectivity index (χ3n) is 3.40. The van der Waals surface area contributed by atoms with Crippen LogP contribution in [0.5, 0.6) is 0 Å². The van der Waals surface area contributed by atoms with E-state index < -0.39 is 0 Å². The monoisotopic (exact) mass is 238 g/mol. The van der Waals surface area contributed by atoms with Gasteiger partial charge in [0.05, 0.1) is 11.9 Å². The zero-order valence-corrected chi connectivity index (χ0v) is 11.4. The molecule has 0 aliphatic heterocycles. The summed E-state index contributed by atoms with van der Waals surface area (Å²) in [4.78, 5) is 4.08. The molecule has 96 valence electrons. The highest BCUT2D eigenvalue weighted by atomic mass is 19.1. The molecular weight excluding hydrogens is 215 g/mol. The molecule has 1 rings (SSSR count). The lowest BCUT2D eigenvalue weighted by Gasteiger charge is -2.28. The van der Waals surface area contributed by atoms with Crippen LogP contribution in [0.2, 0.25) is 0 Å². The van der Waals surface area contributed by atoms with E-state index in [0.717, 1.165) is 12.2 Å². The Labute approximate surface area is 104 Å². The zero-order chi connectivity index (χ0) is 13.1. The van der Waals surface area contributed by atoms with Crippen LogP contribution in [0.25, 0.3) is 0 Å². The van der Waals surface area contributed by atoms with Crippen molar-refractivity contribution < 1.29 is 4.39 Å². The van der Waals surface area contributed by atoms with Crippen LogP contribution >= 0.6 is 0 Å². The normalized spacial score (nSPS) is 15.6. The minimum Gasteiger partial charge on any atom is -0.309 e. The average molecular weight is 238 g/mol. The van der Waals surface area contributed by atoms with E-state index >= 15 is 0 Å². The molecular formula is C14H23FN2. The molecule has 0 radical (unpaired) electrons. The van der Waals surface area contributed by atoms with Crippen molar-refractivity contribution in [2.75, 3.05) is 6.54 Å². The molecule has 1 N–H and O–H groups in total. The lowest BCUT2D eigenvalue weighted by molar-refractivity contribution is 0.246. The Bertz CT molecular complexity index is 340. The summed E-state index contributed by atoms with van der Waals surface area (Å²) in [6, 6.07) is 3.34. The molecule has 1 aromatic heterocycles. The van der Waals surface area contributed by atoms with Crippen molar-refractivity contribution in [1.82, 2.24) is 10.3 Å². The van der Waals surface area contributed by atoms with E-state index in [0.29, 0.717) is 11.3 Å². The van der Waals surface area contributed by atoms with E-state index in [1.807, 2.05) is 0 Å². The summed E-state index contributed by atoms with van der Waals surface area (Å²) in [5, 5.41) is 3.44. The Morgan fingerprint density at radius 1 is 1.29 bits per heavy atom. The van der Waals surface area contributed by atoms with Gasteiger partial charge >= 0.3 is 0 Å². The standard InChI is InChI=1S/C14H23FN2/c1-10(14(3,4)5)8-16-11(2)13-7-6-12(15)9-17-13/h6-7,9-11,16H,8H2,1-5H3. The summed E-state index contributed by atoms with van der Waals surface area (Å²) in [5.41, 5.74) is 1.18. The first-order valence-corrected chi connectivity index (χ1v) is 6.15. The highest BCUT2D eigenvalue weighted by Crippen LogP contribution is 2.25. The SMILES string of the molecule is CC(NCC(C)C(C)(C)C)c1ccc(F)cn1. The van der Waals surface area contributed by atoms with Crippen LogP contribution in [0.1, 0.15) is 46.4 Å². The summed E-state index contributed by atoms with van der Waals surface area (Å²) in [7, 11) is 0. The van der Waals surface area contributed by atoms with Gasteiger partial charge in [-0.15, -0.1) is 0 Å². The van der Waals surface area contributed by atoms with E-state index in [4.69, 9.17) is 0 Å². The number of rotatable bonds is 4. The highest BCUT2D eigenvalue weighted by Gasteiger charge is 2.20. The Morgan fingerprint density at radius 3 is 2.41 bits per heavy atom. The third kappa shape index (κ3) is 4.43. The Morgan fingerprint density at radius 2 is 1.94 bits per heavy atom.